The normalized spacial score (nSPS) is 11.7. The SMILES string of the molecule is O=C(Cc1ccccc1)O/C(=C\c1ccccc1)C(=O)OCC(F)(F)F. The maximum Gasteiger partial charge on any atom is 0.422 e. The molecule has 0 atom stereocenters. The molecule has 0 aliphatic carbocycles. The van der Waals surface area contributed by atoms with Crippen LogP contribution in [0.25, 0.3) is 6.08 Å². The number of hydrogen-bond acceptors (Lipinski definition) is 4. The lowest BCUT2D eigenvalue weighted by Crippen LogP contribution is -2.23. The van der Waals surface area contributed by atoms with E-state index in [0.29, 0.717) is 11.1 Å². The largest absolute Gasteiger partial charge is 0.450 e. The predicted molar refractivity (Wildman–Crippen MR) is 87.7 cm³/mol. The Labute approximate surface area is 147 Å². The Hall–Kier alpha value is -3.09. The number of ether oxygens (including phenoxy) is 2. The molecule has 26 heavy (non-hydrogen) atoms. The van der Waals surface area contributed by atoms with Crippen molar-refractivity contribution >= 4 is 18.0 Å². The average Bonchev–Trinajstić information content (AvgIpc) is 2.60. The summed E-state index contributed by atoms with van der Waals surface area (Å²) in [7, 11) is 0. The lowest BCUT2D eigenvalue weighted by Gasteiger charge is -2.11. The van der Waals surface area contributed by atoms with E-state index in [1.165, 1.54) is 0 Å². The van der Waals surface area contributed by atoms with Crippen LogP contribution >= 0.6 is 0 Å². The Kier molecular flexibility index (Phi) is 6.54. The van der Waals surface area contributed by atoms with E-state index in [1.807, 2.05) is 0 Å². The molecule has 0 aromatic heterocycles. The van der Waals surface area contributed by atoms with Gasteiger partial charge >= 0.3 is 18.1 Å². The van der Waals surface area contributed by atoms with Crippen molar-refractivity contribution in [2.45, 2.75) is 12.6 Å². The van der Waals surface area contributed by atoms with Crippen molar-refractivity contribution in [2.24, 2.45) is 0 Å². The van der Waals surface area contributed by atoms with E-state index in [-0.39, 0.29) is 6.42 Å². The molecule has 2 aromatic carbocycles. The van der Waals surface area contributed by atoms with Crippen LogP contribution in [-0.4, -0.2) is 24.7 Å². The molecule has 0 saturated heterocycles. The van der Waals surface area contributed by atoms with Gasteiger partial charge in [-0.05, 0) is 17.2 Å². The molecule has 0 N–H and O–H groups in total. The summed E-state index contributed by atoms with van der Waals surface area (Å²) in [6.45, 7) is -1.77. The van der Waals surface area contributed by atoms with Crippen molar-refractivity contribution < 1.29 is 32.2 Å². The third kappa shape index (κ3) is 6.80. The molecule has 0 bridgehead atoms. The minimum Gasteiger partial charge on any atom is -0.450 e. The van der Waals surface area contributed by atoms with E-state index in [9.17, 15) is 22.8 Å². The number of hydrogen-bond donors (Lipinski definition) is 0. The van der Waals surface area contributed by atoms with Gasteiger partial charge in [0.15, 0.2) is 6.61 Å². The van der Waals surface area contributed by atoms with Crippen LogP contribution in [0.2, 0.25) is 0 Å². The highest BCUT2D eigenvalue weighted by Crippen LogP contribution is 2.17. The quantitative estimate of drug-likeness (QED) is 0.443. The van der Waals surface area contributed by atoms with Crippen LogP contribution in [0.4, 0.5) is 13.2 Å². The molecule has 0 heterocycles. The number of carbonyl (C=O) groups excluding carboxylic acids is 2. The van der Waals surface area contributed by atoms with Crippen LogP contribution in [0.5, 0.6) is 0 Å². The smallest absolute Gasteiger partial charge is 0.422 e. The van der Waals surface area contributed by atoms with E-state index in [4.69, 9.17) is 4.74 Å². The molecule has 0 spiro atoms. The zero-order valence-corrected chi connectivity index (χ0v) is 13.5. The maximum atomic E-state index is 12.3. The summed E-state index contributed by atoms with van der Waals surface area (Å²) >= 11 is 0. The minimum atomic E-state index is -4.68. The number of halogens is 3. The summed E-state index contributed by atoms with van der Waals surface area (Å²) in [5, 5.41) is 0. The van der Waals surface area contributed by atoms with Crippen molar-refractivity contribution in [1.82, 2.24) is 0 Å². The van der Waals surface area contributed by atoms with Gasteiger partial charge < -0.3 is 9.47 Å². The Bertz CT molecular complexity index is 768. The van der Waals surface area contributed by atoms with Crippen LogP contribution in [0.3, 0.4) is 0 Å². The van der Waals surface area contributed by atoms with Gasteiger partial charge in [0.25, 0.3) is 0 Å². The first-order chi connectivity index (χ1) is 12.3. The Morgan fingerprint density at radius 3 is 2.08 bits per heavy atom. The fourth-order valence-corrected chi connectivity index (χ4v) is 1.97. The summed E-state index contributed by atoms with van der Waals surface area (Å²) in [4.78, 5) is 23.9. The van der Waals surface area contributed by atoms with E-state index >= 15 is 0 Å². The Balaban J connectivity index is 2.13. The standard InChI is InChI=1S/C19H15F3O4/c20-19(21,22)13-25-18(24)16(11-14-7-3-1-4-8-14)26-17(23)12-15-9-5-2-6-10-15/h1-11H,12-13H2/b16-11-. The molecule has 0 unspecified atom stereocenters. The molecule has 4 nitrogen and oxygen atoms in total. The fourth-order valence-electron chi connectivity index (χ4n) is 1.97. The molecule has 0 radical (unpaired) electrons. The number of carbonyl (C=O) groups is 2. The van der Waals surface area contributed by atoms with Crippen LogP contribution in [0, 0.1) is 0 Å². The Morgan fingerprint density at radius 2 is 1.50 bits per heavy atom. The zero-order chi connectivity index (χ0) is 19.0. The van der Waals surface area contributed by atoms with Crippen molar-refractivity contribution in [1.29, 1.82) is 0 Å². The number of alkyl halides is 3. The lowest BCUT2D eigenvalue weighted by atomic mass is 10.1. The van der Waals surface area contributed by atoms with Crippen LogP contribution in [-0.2, 0) is 25.5 Å². The van der Waals surface area contributed by atoms with Gasteiger partial charge in [-0.15, -0.1) is 0 Å². The van der Waals surface area contributed by atoms with Crippen LogP contribution < -0.4 is 0 Å². The first kappa shape index (κ1) is 19.2. The third-order valence-corrected chi connectivity index (χ3v) is 3.08. The molecular weight excluding hydrogens is 349 g/mol. The third-order valence-electron chi connectivity index (χ3n) is 3.08. The van der Waals surface area contributed by atoms with Crippen LogP contribution in [0.15, 0.2) is 66.4 Å². The average molecular weight is 364 g/mol. The summed E-state index contributed by atoms with van der Waals surface area (Å²) in [6, 6.07) is 16.8. The molecule has 7 heteroatoms. The van der Waals surface area contributed by atoms with Gasteiger partial charge in [-0.3, -0.25) is 4.79 Å². The summed E-state index contributed by atoms with van der Waals surface area (Å²) in [5.74, 6) is -2.77. The highest BCUT2D eigenvalue weighted by atomic mass is 19.4. The number of esters is 2. The zero-order valence-electron chi connectivity index (χ0n) is 13.5. The lowest BCUT2D eigenvalue weighted by molar-refractivity contribution is -0.186. The maximum absolute atomic E-state index is 12.3. The molecular formula is C19H15F3O4. The van der Waals surface area contributed by atoms with Gasteiger partial charge in [-0.2, -0.15) is 13.2 Å². The fraction of sp³-hybridized carbons (Fsp3) is 0.158. The minimum absolute atomic E-state index is 0.139. The van der Waals surface area contributed by atoms with E-state index < -0.39 is 30.5 Å². The molecule has 0 aliphatic rings. The van der Waals surface area contributed by atoms with Crippen molar-refractivity contribution in [2.75, 3.05) is 6.61 Å². The number of rotatable bonds is 6. The van der Waals surface area contributed by atoms with Gasteiger partial charge in [0.1, 0.15) is 0 Å². The Morgan fingerprint density at radius 1 is 0.923 bits per heavy atom. The molecule has 2 aromatic rings. The molecule has 0 amide bonds. The highest BCUT2D eigenvalue weighted by Gasteiger charge is 2.31. The summed E-state index contributed by atoms with van der Waals surface area (Å²) in [6.07, 6.45) is -3.66. The molecule has 0 fully saturated rings. The predicted octanol–water partition coefficient (Wildman–Crippen LogP) is 3.92. The number of benzene rings is 2. The van der Waals surface area contributed by atoms with E-state index in [1.54, 1.807) is 60.7 Å². The second-order valence-corrected chi connectivity index (χ2v) is 5.25. The molecule has 136 valence electrons. The van der Waals surface area contributed by atoms with Gasteiger partial charge in [0.05, 0.1) is 6.42 Å². The van der Waals surface area contributed by atoms with Gasteiger partial charge in [-0.25, -0.2) is 4.79 Å². The second kappa shape index (κ2) is 8.84. The van der Waals surface area contributed by atoms with E-state index in [2.05, 4.69) is 4.74 Å². The van der Waals surface area contributed by atoms with Crippen LogP contribution in [0.1, 0.15) is 11.1 Å². The highest BCUT2D eigenvalue weighted by molar-refractivity contribution is 5.94. The molecule has 0 saturated carbocycles. The summed E-state index contributed by atoms with van der Waals surface area (Å²) < 4.78 is 45.9. The van der Waals surface area contributed by atoms with Gasteiger partial charge in [-0.1, -0.05) is 60.7 Å². The molecule has 0 aliphatic heterocycles. The van der Waals surface area contributed by atoms with Crippen molar-refractivity contribution in [3.05, 3.63) is 77.5 Å². The van der Waals surface area contributed by atoms with Crippen molar-refractivity contribution in [3.8, 4) is 0 Å². The van der Waals surface area contributed by atoms with E-state index in [0.717, 1.165) is 6.08 Å². The summed E-state index contributed by atoms with van der Waals surface area (Å²) in [5.41, 5.74) is 1.11. The first-order valence-electron chi connectivity index (χ1n) is 7.59. The topological polar surface area (TPSA) is 52.6 Å². The first-order valence-corrected chi connectivity index (χ1v) is 7.59. The monoisotopic (exact) mass is 364 g/mol. The van der Waals surface area contributed by atoms with Crippen molar-refractivity contribution in [3.63, 3.8) is 0 Å². The van der Waals surface area contributed by atoms with Gasteiger partial charge in [0.2, 0.25) is 5.76 Å². The second-order valence-electron chi connectivity index (χ2n) is 5.25. The van der Waals surface area contributed by atoms with Gasteiger partial charge in [0, 0.05) is 0 Å². The molecule has 2 rings (SSSR count).